The molecule has 84 valence electrons. The molecule has 1 saturated heterocycles. The Kier molecular flexibility index (Phi) is 2.77. The topological polar surface area (TPSA) is 29.9 Å². The highest BCUT2D eigenvalue weighted by Crippen LogP contribution is 2.34. The van der Waals surface area contributed by atoms with Gasteiger partial charge < -0.3 is 5.32 Å². The number of hydrogen-bond acceptors (Lipinski definition) is 2. The van der Waals surface area contributed by atoms with Crippen LogP contribution < -0.4 is 5.32 Å². The van der Waals surface area contributed by atoms with Gasteiger partial charge in [-0.2, -0.15) is 5.10 Å². The van der Waals surface area contributed by atoms with Crippen LogP contribution in [0.2, 0.25) is 5.02 Å². The zero-order valence-electron chi connectivity index (χ0n) is 9.60. The highest BCUT2D eigenvalue weighted by molar-refractivity contribution is 6.31. The Labute approximate surface area is 95.8 Å². The molecule has 0 atom stereocenters. The Bertz CT molecular complexity index is 361. The van der Waals surface area contributed by atoms with E-state index in [1.54, 1.807) is 0 Å². The molecule has 1 N–H and O–H groups in total. The molecule has 0 unspecified atom stereocenters. The van der Waals surface area contributed by atoms with Gasteiger partial charge in [0, 0.05) is 25.6 Å². The Morgan fingerprint density at radius 3 is 2.53 bits per heavy atom. The fourth-order valence-electron chi connectivity index (χ4n) is 2.21. The highest BCUT2D eigenvalue weighted by atomic mass is 35.5. The molecule has 3 nitrogen and oxygen atoms in total. The van der Waals surface area contributed by atoms with Gasteiger partial charge in [-0.25, -0.2) is 0 Å². The summed E-state index contributed by atoms with van der Waals surface area (Å²) in [6, 6.07) is 0. The largest absolute Gasteiger partial charge is 0.316 e. The third kappa shape index (κ3) is 1.79. The van der Waals surface area contributed by atoms with Crippen molar-refractivity contribution in [2.45, 2.75) is 26.7 Å². The van der Waals surface area contributed by atoms with E-state index in [1.165, 1.54) is 12.1 Å². The molecule has 1 aliphatic rings. The molecule has 2 rings (SSSR count). The van der Waals surface area contributed by atoms with E-state index >= 15 is 0 Å². The summed E-state index contributed by atoms with van der Waals surface area (Å²) in [6.45, 7) is 6.41. The molecular weight excluding hydrogens is 210 g/mol. The molecule has 1 aromatic rings. The predicted molar refractivity (Wildman–Crippen MR) is 62.3 cm³/mol. The first kappa shape index (κ1) is 11.0. The Hall–Kier alpha value is -0.540. The van der Waals surface area contributed by atoms with Crippen LogP contribution >= 0.6 is 11.6 Å². The standard InChI is InChI=1S/C11H18ClN3/c1-4-11(6-13-7-11)5-9-10(12)8(2)14-15(9)3/h13H,4-7H2,1-3H3. The monoisotopic (exact) mass is 227 g/mol. The van der Waals surface area contributed by atoms with Gasteiger partial charge in [0.25, 0.3) is 0 Å². The summed E-state index contributed by atoms with van der Waals surface area (Å²) in [5, 5.41) is 8.54. The lowest BCUT2D eigenvalue weighted by molar-refractivity contribution is 0.157. The van der Waals surface area contributed by atoms with Crippen molar-refractivity contribution >= 4 is 11.6 Å². The van der Waals surface area contributed by atoms with Gasteiger partial charge in [0.05, 0.1) is 16.4 Å². The van der Waals surface area contributed by atoms with Gasteiger partial charge in [0.1, 0.15) is 0 Å². The Morgan fingerprint density at radius 2 is 2.20 bits per heavy atom. The van der Waals surface area contributed by atoms with Gasteiger partial charge in [0.15, 0.2) is 0 Å². The van der Waals surface area contributed by atoms with Crippen LogP contribution in [0.1, 0.15) is 24.7 Å². The van der Waals surface area contributed by atoms with Gasteiger partial charge in [-0.05, 0) is 19.8 Å². The van der Waals surface area contributed by atoms with Crippen LogP contribution in [0.25, 0.3) is 0 Å². The molecule has 0 bridgehead atoms. The van der Waals surface area contributed by atoms with Crippen LogP contribution in [-0.2, 0) is 13.5 Å². The third-order valence-corrected chi connectivity index (χ3v) is 4.05. The lowest BCUT2D eigenvalue weighted by atomic mass is 9.75. The molecule has 15 heavy (non-hydrogen) atoms. The van der Waals surface area contributed by atoms with Crippen molar-refractivity contribution in [2.24, 2.45) is 12.5 Å². The second kappa shape index (κ2) is 3.80. The minimum absolute atomic E-state index is 0.407. The smallest absolute Gasteiger partial charge is 0.0847 e. The molecule has 1 aromatic heterocycles. The number of nitrogens with one attached hydrogen (secondary N) is 1. The second-order valence-corrected chi connectivity index (χ2v) is 4.98. The third-order valence-electron chi connectivity index (χ3n) is 3.55. The van der Waals surface area contributed by atoms with E-state index in [4.69, 9.17) is 11.6 Å². The molecule has 0 aromatic carbocycles. The molecule has 0 radical (unpaired) electrons. The molecule has 0 amide bonds. The summed E-state index contributed by atoms with van der Waals surface area (Å²) in [5.74, 6) is 0. The van der Waals surface area contributed by atoms with Crippen LogP contribution in [0.15, 0.2) is 0 Å². The number of hydrogen-bond donors (Lipinski definition) is 1. The van der Waals surface area contributed by atoms with Crippen molar-refractivity contribution in [2.75, 3.05) is 13.1 Å². The Balaban J connectivity index is 2.23. The Morgan fingerprint density at radius 1 is 1.53 bits per heavy atom. The summed E-state index contributed by atoms with van der Waals surface area (Å²) >= 11 is 6.25. The van der Waals surface area contributed by atoms with E-state index in [0.717, 1.165) is 30.2 Å². The van der Waals surface area contributed by atoms with Gasteiger partial charge in [-0.1, -0.05) is 18.5 Å². The average Bonchev–Trinajstić information content (AvgIpc) is 2.37. The maximum absolute atomic E-state index is 6.25. The fourth-order valence-corrected chi connectivity index (χ4v) is 2.43. The van der Waals surface area contributed by atoms with E-state index in [1.807, 2.05) is 18.7 Å². The van der Waals surface area contributed by atoms with Crippen LogP contribution in [0, 0.1) is 12.3 Å². The van der Waals surface area contributed by atoms with Crippen molar-refractivity contribution < 1.29 is 0 Å². The normalized spacial score (nSPS) is 18.9. The number of aryl methyl sites for hydroxylation is 2. The number of rotatable bonds is 3. The molecule has 2 heterocycles. The van der Waals surface area contributed by atoms with Gasteiger partial charge in [-0.15, -0.1) is 0 Å². The van der Waals surface area contributed by atoms with E-state index in [0.29, 0.717) is 5.41 Å². The zero-order chi connectivity index (χ0) is 11.1. The first-order valence-corrected chi connectivity index (χ1v) is 5.84. The van der Waals surface area contributed by atoms with Gasteiger partial charge in [0.2, 0.25) is 0 Å². The summed E-state index contributed by atoms with van der Waals surface area (Å²) in [5.41, 5.74) is 2.52. The van der Waals surface area contributed by atoms with Crippen LogP contribution in [0.4, 0.5) is 0 Å². The SMILES string of the molecule is CCC1(Cc2c(Cl)c(C)nn2C)CNC1. The summed E-state index contributed by atoms with van der Waals surface area (Å²) in [6.07, 6.45) is 2.23. The summed E-state index contributed by atoms with van der Waals surface area (Å²) < 4.78 is 1.92. The minimum atomic E-state index is 0.407. The first-order valence-electron chi connectivity index (χ1n) is 5.47. The summed E-state index contributed by atoms with van der Waals surface area (Å²) in [7, 11) is 1.98. The zero-order valence-corrected chi connectivity index (χ0v) is 10.4. The molecule has 1 fully saturated rings. The van der Waals surface area contributed by atoms with E-state index in [-0.39, 0.29) is 0 Å². The first-order chi connectivity index (χ1) is 7.08. The molecule has 0 spiro atoms. The van der Waals surface area contributed by atoms with Crippen LogP contribution in [-0.4, -0.2) is 22.9 Å². The number of halogens is 1. The lowest BCUT2D eigenvalue weighted by Crippen LogP contribution is -2.54. The van der Waals surface area contributed by atoms with Crippen molar-refractivity contribution in [3.8, 4) is 0 Å². The highest BCUT2D eigenvalue weighted by Gasteiger charge is 2.36. The van der Waals surface area contributed by atoms with Gasteiger partial charge in [-0.3, -0.25) is 4.68 Å². The van der Waals surface area contributed by atoms with E-state index in [9.17, 15) is 0 Å². The maximum Gasteiger partial charge on any atom is 0.0847 e. The molecule has 0 saturated carbocycles. The van der Waals surface area contributed by atoms with Crippen LogP contribution in [0.5, 0.6) is 0 Å². The lowest BCUT2D eigenvalue weighted by Gasteiger charge is -2.42. The fraction of sp³-hybridized carbons (Fsp3) is 0.727. The molecule has 4 heteroatoms. The molecule has 1 aliphatic heterocycles. The minimum Gasteiger partial charge on any atom is -0.316 e. The number of aromatic nitrogens is 2. The number of nitrogens with zero attached hydrogens (tertiary/aromatic N) is 2. The average molecular weight is 228 g/mol. The van der Waals surface area contributed by atoms with Crippen molar-refractivity contribution in [1.29, 1.82) is 0 Å². The quantitative estimate of drug-likeness (QED) is 0.855. The van der Waals surface area contributed by atoms with Crippen molar-refractivity contribution in [3.63, 3.8) is 0 Å². The maximum atomic E-state index is 6.25. The predicted octanol–water partition coefficient (Wildman–Crippen LogP) is 1.92. The summed E-state index contributed by atoms with van der Waals surface area (Å²) in [4.78, 5) is 0. The van der Waals surface area contributed by atoms with Crippen molar-refractivity contribution in [3.05, 3.63) is 16.4 Å². The second-order valence-electron chi connectivity index (χ2n) is 4.60. The van der Waals surface area contributed by atoms with Crippen LogP contribution in [0.3, 0.4) is 0 Å². The molecule has 0 aliphatic carbocycles. The van der Waals surface area contributed by atoms with E-state index in [2.05, 4.69) is 17.3 Å². The molecular formula is C11H18ClN3. The van der Waals surface area contributed by atoms with E-state index < -0.39 is 0 Å². The van der Waals surface area contributed by atoms with Gasteiger partial charge >= 0.3 is 0 Å². The van der Waals surface area contributed by atoms with Crippen molar-refractivity contribution in [1.82, 2.24) is 15.1 Å².